The second-order valence-corrected chi connectivity index (χ2v) is 17.9. The summed E-state index contributed by atoms with van der Waals surface area (Å²) in [7, 11) is 0. The maximum absolute atomic E-state index is 11.1. The molecule has 0 atom stereocenters. The van der Waals surface area contributed by atoms with Crippen molar-refractivity contribution in [2.24, 2.45) is 5.92 Å². The summed E-state index contributed by atoms with van der Waals surface area (Å²) >= 11 is 3.55. The SMILES string of the molecule is C.CC(C)(Sc1ccc(OCC(=O)O)c(C(C)(C)C)c1)Sc1cc(C(C)(C)C)c(O)c(C(C)(C)C)c1.CC(C)C. The Morgan fingerprint density at radius 3 is 1.50 bits per heavy atom. The van der Waals surface area contributed by atoms with Crippen molar-refractivity contribution >= 4 is 29.5 Å². The summed E-state index contributed by atoms with van der Waals surface area (Å²) in [6, 6.07) is 10.2. The highest BCUT2D eigenvalue weighted by molar-refractivity contribution is 8.18. The first-order valence-corrected chi connectivity index (χ1v) is 15.3. The van der Waals surface area contributed by atoms with Gasteiger partial charge in [-0.25, -0.2) is 4.79 Å². The monoisotopic (exact) mass is 592 g/mol. The van der Waals surface area contributed by atoms with Gasteiger partial charge in [0.2, 0.25) is 0 Å². The van der Waals surface area contributed by atoms with E-state index in [2.05, 4.69) is 115 Å². The molecule has 0 heterocycles. The first kappa shape index (κ1) is 38.2. The van der Waals surface area contributed by atoms with E-state index in [-0.39, 0.29) is 34.4 Å². The summed E-state index contributed by atoms with van der Waals surface area (Å²) in [6.45, 7) is 29.6. The summed E-state index contributed by atoms with van der Waals surface area (Å²) in [6.07, 6.45) is 0. The number of thioether (sulfide) groups is 2. The molecule has 2 aromatic carbocycles. The van der Waals surface area contributed by atoms with Gasteiger partial charge in [-0.1, -0.05) is 90.5 Å². The zero-order valence-corrected chi connectivity index (χ0v) is 28.3. The van der Waals surface area contributed by atoms with E-state index in [1.54, 1.807) is 23.5 Å². The highest BCUT2D eigenvalue weighted by atomic mass is 32.2. The third kappa shape index (κ3) is 12.4. The number of hydrogen-bond donors (Lipinski definition) is 2. The van der Waals surface area contributed by atoms with Crippen LogP contribution in [0.3, 0.4) is 0 Å². The molecule has 0 bridgehead atoms. The molecule has 0 radical (unpaired) electrons. The van der Waals surface area contributed by atoms with Gasteiger partial charge in [-0.15, -0.1) is 23.5 Å². The lowest BCUT2D eigenvalue weighted by Crippen LogP contribution is -2.18. The van der Waals surface area contributed by atoms with Crippen LogP contribution in [-0.4, -0.2) is 26.9 Å². The first-order chi connectivity index (χ1) is 17.4. The van der Waals surface area contributed by atoms with Crippen LogP contribution in [0.25, 0.3) is 0 Å². The van der Waals surface area contributed by atoms with Crippen molar-refractivity contribution < 1.29 is 19.7 Å². The molecule has 2 N–H and O–H groups in total. The fourth-order valence-electron chi connectivity index (χ4n) is 3.82. The molecule has 2 rings (SSSR count). The largest absolute Gasteiger partial charge is 0.507 e. The lowest BCUT2D eigenvalue weighted by atomic mass is 9.79. The third-order valence-electron chi connectivity index (χ3n) is 5.54. The molecule has 6 heteroatoms. The number of aliphatic carboxylic acids is 1. The predicted octanol–water partition coefficient (Wildman–Crippen LogP) is 10.7. The van der Waals surface area contributed by atoms with Gasteiger partial charge in [-0.3, -0.25) is 0 Å². The van der Waals surface area contributed by atoms with Gasteiger partial charge in [-0.05, 0) is 66.3 Å². The fraction of sp³-hybridized carbons (Fsp3) is 0.618. The molecule has 0 saturated heterocycles. The summed E-state index contributed by atoms with van der Waals surface area (Å²) in [5.74, 6) is 0.850. The number of aromatic hydroxyl groups is 1. The van der Waals surface area contributed by atoms with Crippen LogP contribution in [0.5, 0.6) is 11.5 Å². The van der Waals surface area contributed by atoms with Gasteiger partial charge in [0.25, 0.3) is 0 Å². The molecule has 0 saturated carbocycles. The molecule has 0 aliphatic rings. The van der Waals surface area contributed by atoms with Crippen LogP contribution < -0.4 is 4.74 Å². The molecule has 0 spiro atoms. The van der Waals surface area contributed by atoms with E-state index in [0.717, 1.165) is 32.4 Å². The van der Waals surface area contributed by atoms with Crippen molar-refractivity contribution in [1.29, 1.82) is 0 Å². The average Bonchev–Trinajstić information content (AvgIpc) is 2.70. The van der Waals surface area contributed by atoms with E-state index < -0.39 is 5.97 Å². The van der Waals surface area contributed by atoms with Crippen molar-refractivity contribution in [3.8, 4) is 11.5 Å². The van der Waals surface area contributed by atoms with Gasteiger partial charge in [0, 0.05) is 26.5 Å². The molecular formula is C34H56O4S2. The number of carboxylic acid groups (broad SMARTS) is 1. The lowest BCUT2D eigenvalue weighted by Gasteiger charge is -2.30. The van der Waals surface area contributed by atoms with Crippen LogP contribution >= 0.6 is 23.5 Å². The molecule has 2 aromatic rings. The molecule has 0 aliphatic heterocycles. The Morgan fingerprint density at radius 2 is 1.12 bits per heavy atom. The minimum Gasteiger partial charge on any atom is -0.507 e. The molecule has 0 amide bonds. The summed E-state index contributed by atoms with van der Waals surface area (Å²) in [5.41, 5.74) is 2.36. The van der Waals surface area contributed by atoms with Crippen molar-refractivity contribution in [2.75, 3.05) is 6.61 Å². The van der Waals surface area contributed by atoms with Crippen molar-refractivity contribution in [3.63, 3.8) is 0 Å². The maximum Gasteiger partial charge on any atom is 0.341 e. The van der Waals surface area contributed by atoms with E-state index in [4.69, 9.17) is 9.84 Å². The van der Waals surface area contributed by atoms with Gasteiger partial charge >= 0.3 is 5.97 Å². The van der Waals surface area contributed by atoms with Gasteiger partial charge in [0.1, 0.15) is 11.5 Å². The van der Waals surface area contributed by atoms with Gasteiger partial charge < -0.3 is 14.9 Å². The topological polar surface area (TPSA) is 66.8 Å². The molecule has 0 fully saturated rings. The van der Waals surface area contributed by atoms with Gasteiger partial charge in [0.15, 0.2) is 6.61 Å². The second kappa shape index (κ2) is 14.4. The highest BCUT2D eigenvalue weighted by Gasteiger charge is 2.30. The summed E-state index contributed by atoms with van der Waals surface area (Å²) in [5, 5.41) is 20.1. The Bertz CT molecular complexity index is 1080. The molecule has 0 aromatic heterocycles. The Hall–Kier alpha value is -1.79. The number of benzene rings is 2. The van der Waals surface area contributed by atoms with E-state index in [1.807, 2.05) is 12.1 Å². The van der Waals surface area contributed by atoms with E-state index in [1.165, 1.54) is 0 Å². The molecule has 4 nitrogen and oxygen atoms in total. The average molecular weight is 593 g/mol. The van der Waals surface area contributed by atoms with Crippen LogP contribution in [0.15, 0.2) is 40.1 Å². The lowest BCUT2D eigenvalue weighted by molar-refractivity contribution is -0.139. The molecule has 40 heavy (non-hydrogen) atoms. The van der Waals surface area contributed by atoms with E-state index in [0.29, 0.717) is 11.5 Å². The smallest absolute Gasteiger partial charge is 0.341 e. The normalized spacial score (nSPS) is 12.4. The van der Waals surface area contributed by atoms with Crippen molar-refractivity contribution in [1.82, 2.24) is 0 Å². The number of carboxylic acids is 1. The maximum atomic E-state index is 11.1. The minimum atomic E-state index is -0.987. The number of phenols is 1. The number of hydrogen-bond acceptors (Lipinski definition) is 5. The predicted molar refractivity (Wildman–Crippen MR) is 177 cm³/mol. The zero-order chi connectivity index (χ0) is 30.6. The van der Waals surface area contributed by atoms with E-state index >= 15 is 0 Å². The Labute approximate surface area is 254 Å². The van der Waals surface area contributed by atoms with Crippen LogP contribution in [0.1, 0.15) is 121 Å². The molecule has 0 unspecified atom stereocenters. The quantitative estimate of drug-likeness (QED) is 0.246. The summed E-state index contributed by atoms with van der Waals surface area (Å²) in [4.78, 5) is 13.2. The van der Waals surface area contributed by atoms with Crippen LogP contribution in [0.2, 0.25) is 0 Å². The molecular weight excluding hydrogens is 537 g/mol. The minimum absolute atomic E-state index is 0. The van der Waals surface area contributed by atoms with Gasteiger partial charge in [0.05, 0.1) is 4.08 Å². The number of phenolic OH excluding ortho intramolecular Hbond substituents is 1. The second-order valence-electron chi connectivity index (χ2n) is 14.3. The first-order valence-electron chi connectivity index (χ1n) is 13.7. The van der Waals surface area contributed by atoms with Crippen molar-refractivity contribution in [3.05, 3.63) is 47.0 Å². The standard InChI is InChI=1S/C29H42O4S2.C4H10.CH4/c1-26(2,3)20-14-18(12-13-23(20)33-17-24(30)31)34-29(10,11)35-19-15-21(27(4,5)6)25(32)22(16-19)28(7,8)9;1-4(2)3;/h12-16,32H,17H2,1-11H3,(H,30,31);4H,1-3H3;1H4. The molecule has 0 aliphatic carbocycles. The van der Waals surface area contributed by atoms with Crippen molar-refractivity contribution in [2.45, 2.75) is 134 Å². The van der Waals surface area contributed by atoms with E-state index in [9.17, 15) is 9.90 Å². The number of carbonyl (C=O) groups is 1. The van der Waals surface area contributed by atoms with Crippen LogP contribution in [0, 0.1) is 5.92 Å². The number of ether oxygens (including phenoxy) is 1. The van der Waals surface area contributed by atoms with Crippen LogP contribution in [0.4, 0.5) is 0 Å². The Balaban J connectivity index is 0.00000284. The molecule has 228 valence electrons. The number of rotatable bonds is 7. The van der Waals surface area contributed by atoms with Crippen LogP contribution in [-0.2, 0) is 21.0 Å². The fourth-order valence-corrected chi connectivity index (χ4v) is 6.37. The summed E-state index contributed by atoms with van der Waals surface area (Å²) < 4.78 is 5.37. The third-order valence-corrected chi connectivity index (χ3v) is 7.98. The Kier molecular flexibility index (Phi) is 13.8. The highest BCUT2D eigenvalue weighted by Crippen LogP contribution is 2.49. The Morgan fingerprint density at radius 1 is 0.750 bits per heavy atom. The van der Waals surface area contributed by atoms with Gasteiger partial charge in [-0.2, -0.15) is 0 Å². The zero-order valence-electron chi connectivity index (χ0n) is 26.7.